The number of thioether (sulfide) groups is 1. The van der Waals surface area contributed by atoms with Gasteiger partial charge in [-0.25, -0.2) is 0 Å². The number of hydrogen-bond donors (Lipinski definition) is 1. The number of nitrogens with one attached hydrogen (secondary N) is 1. The van der Waals surface area contributed by atoms with Gasteiger partial charge in [0.25, 0.3) is 0 Å². The van der Waals surface area contributed by atoms with E-state index in [1.165, 1.54) is 15.3 Å². The molecule has 0 saturated heterocycles. The van der Waals surface area contributed by atoms with E-state index in [0.717, 1.165) is 10.1 Å². The van der Waals surface area contributed by atoms with Crippen LogP contribution in [0.15, 0.2) is 41.3 Å². The first kappa shape index (κ1) is 13.9. The second-order valence-corrected chi connectivity index (χ2v) is 6.93. The summed E-state index contributed by atoms with van der Waals surface area (Å²) in [4.78, 5) is 2.62. The van der Waals surface area contributed by atoms with Crippen molar-refractivity contribution in [3.8, 4) is 0 Å². The van der Waals surface area contributed by atoms with Gasteiger partial charge in [-0.3, -0.25) is 0 Å². The molecule has 0 aliphatic carbocycles. The largest absolute Gasteiger partial charge is 0.313 e. The summed E-state index contributed by atoms with van der Waals surface area (Å²) in [5.74, 6) is 0.981. The molecule has 0 radical (unpaired) electrons. The van der Waals surface area contributed by atoms with Crippen molar-refractivity contribution in [2.24, 2.45) is 0 Å². The molecular formula is C14H16ClNS2. The molecule has 1 unspecified atom stereocenters. The van der Waals surface area contributed by atoms with Crippen LogP contribution >= 0.6 is 34.7 Å². The molecular weight excluding hydrogens is 282 g/mol. The minimum atomic E-state index is 0.390. The predicted octanol–water partition coefficient (Wildman–Crippen LogP) is 4.97. The molecule has 0 aliphatic heterocycles. The molecule has 1 N–H and O–H groups in total. The van der Waals surface area contributed by atoms with E-state index in [4.69, 9.17) is 11.6 Å². The molecule has 0 spiro atoms. The molecule has 0 amide bonds. The molecule has 1 aromatic carbocycles. The van der Waals surface area contributed by atoms with Gasteiger partial charge in [0.1, 0.15) is 0 Å². The number of halogens is 1. The third-order valence-electron chi connectivity index (χ3n) is 2.80. The number of rotatable bonds is 5. The van der Waals surface area contributed by atoms with Crippen LogP contribution in [0.4, 0.5) is 0 Å². The van der Waals surface area contributed by atoms with E-state index in [2.05, 4.69) is 42.6 Å². The first-order valence-electron chi connectivity index (χ1n) is 5.83. The third-order valence-corrected chi connectivity index (χ3v) is 5.26. The fourth-order valence-electron chi connectivity index (χ4n) is 1.62. The van der Waals surface area contributed by atoms with Crippen LogP contribution in [0, 0.1) is 0 Å². The van der Waals surface area contributed by atoms with Crippen LogP contribution in [0.3, 0.4) is 0 Å². The monoisotopic (exact) mass is 297 g/mol. The summed E-state index contributed by atoms with van der Waals surface area (Å²) in [5, 5.41) is 3.26. The fourth-order valence-corrected chi connectivity index (χ4v) is 3.72. The Morgan fingerprint density at radius 3 is 2.83 bits per heavy atom. The van der Waals surface area contributed by atoms with E-state index in [9.17, 15) is 0 Å². The molecule has 1 heterocycles. The summed E-state index contributed by atoms with van der Waals surface area (Å²) >= 11 is 9.44. The van der Waals surface area contributed by atoms with Gasteiger partial charge in [0, 0.05) is 21.6 Å². The predicted molar refractivity (Wildman–Crippen MR) is 82.8 cm³/mol. The number of benzene rings is 1. The van der Waals surface area contributed by atoms with Crippen molar-refractivity contribution >= 4 is 34.7 Å². The number of thiophene rings is 1. The van der Waals surface area contributed by atoms with E-state index in [-0.39, 0.29) is 0 Å². The molecule has 18 heavy (non-hydrogen) atoms. The van der Waals surface area contributed by atoms with Crippen LogP contribution in [0.1, 0.15) is 23.4 Å². The van der Waals surface area contributed by atoms with Crippen molar-refractivity contribution in [2.45, 2.75) is 23.6 Å². The van der Waals surface area contributed by atoms with Gasteiger partial charge < -0.3 is 5.32 Å². The highest BCUT2D eigenvalue weighted by Gasteiger charge is 2.04. The lowest BCUT2D eigenvalue weighted by Crippen LogP contribution is -2.11. The van der Waals surface area contributed by atoms with Crippen molar-refractivity contribution in [3.63, 3.8) is 0 Å². The Labute approximate surface area is 122 Å². The van der Waals surface area contributed by atoms with E-state index in [1.807, 2.05) is 24.9 Å². The van der Waals surface area contributed by atoms with Crippen molar-refractivity contribution in [3.05, 3.63) is 51.2 Å². The number of hydrogen-bond acceptors (Lipinski definition) is 3. The van der Waals surface area contributed by atoms with Crippen LogP contribution < -0.4 is 5.32 Å². The van der Waals surface area contributed by atoms with Gasteiger partial charge in [-0.15, -0.1) is 23.1 Å². The Morgan fingerprint density at radius 1 is 1.33 bits per heavy atom. The maximum atomic E-state index is 5.93. The summed E-state index contributed by atoms with van der Waals surface area (Å²) in [6, 6.07) is 13.1. The smallest absolute Gasteiger partial charge is 0.0931 e. The van der Waals surface area contributed by atoms with E-state index in [0.29, 0.717) is 6.04 Å². The molecule has 2 rings (SSSR count). The van der Waals surface area contributed by atoms with Crippen molar-refractivity contribution in [1.29, 1.82) is 0 Å². The zero-order chi connectivity index (χ0) is 13.0. The highest BCUT2D eigenvalue weighted by Crippen LogP contribution is 2.30. The van der Waals surface area contributed by atoms with Crippen LogP contribution in [0.5, 0.6) is 0 Å². The summed E-state index contributed by atoms with van der Waals surface area (Å²) in [6.07, 6.45) is 0. The van der Waals surface area contributed by atoms with Crippen LogP contribution in [-0.4, -0.2) is 7.05 Å². The second-order valence-electron chi connectivity index (χ2n) is 4.08. The Balaban J connectivity index is 2.01. The SMILES string of the molecule is CNC(C)c1cccc(SCc2ccc(Cl)s2)c1. The molecule has 0 fully saturated rings. The maximum absolute atomic E-state index is 5.93. The highest BCUT2D eigenvalue weighted by atomic mass is 35.5. The van der Waals surface area contributed by atoms with E-state index in [1.54, 1.807) is 11.3 Å². The highest BCUT2D eigenvalue weighted by molar-refractivity contribution is 7.98. The average Bonchev–Trinajstić information content (AvgIpc) is 2.81. The molecule has 96 valence electrons. The summed E-state index contributed by atoms with van der Waals surface area (Å²) in [7, 11) is 1.98. The zero-order valence-corrected chi connectivity index (χ0v) is 12.8. The molecule has 1 atom stereocenters. The zero-order valence-electron chi connectivity index (χ0n) is 10.4. The average molecular weight is 298 g/mol. The third kappa shape index (κ3) is 3.75. The molecule has 2 aromatic rings. The Kier molecular flexibility index (Phi) is 5.13. The molecule has 1 nitrogen and oxygen atoms in total. The van der Waals surface area contributed by atoms with E-state index < -0.39 is 0 Å². The molecule has 0 aliphatic rings. The Hall–Kier alpha value is -0.480. The minimum absolute atomic E-state index is 0.390. The summed E-state index contributed by atoms with van der Waals surface area (Å²) < 4.78 is 0.864. The quantitative estimate of drug-likeness (QED) is 0.782. The lowest BCUT2D eigenvalue weighted by molar-refractivity contribution is 0.651. The molecule has 1 aromatic heterocycles. The van der Waals surface area contributed by atoms with Gasteiger partial charge in [0.15, 0.2) is 0 Å². The van der Waals surface area contributed by atoms with Crippen LogP contribution in [0.2, 0.25) is 4.34 Å². The molecule has 4 heteroatoms. The Morgan fingerprint density at radius 2 is 2.17 bits per heavy atom. The summed E-state index contributed by atoms with van der Waals surface area (Å²) in [6.45, 7) is 2.17. The fraction of sp³-hybridized carbons (Fsp3) is 0.286. The topological polar surface area (TPSA) is 12.0 Å². The maximum Gasteiger partial charge on any atom is 0.0931 e. The standard InChI is InChI=1S/C14H16ClNS2/c1-10(16-2)11-4-3-5-12(8-11)17-9-13-6-7-14(15)18-13/h3-8,10,16H,9H2,1-2H3. The minimum Gasteiger partial charge on any atom is -0.313 e. The van der Waals surface area contributed by atoms with Gasteiger partial charge in [-0.2, -0.15) is 0 Å². The first-order valence-corrected chi connectivity index (χ1v) is 8.01. The van der Waals surface area contributed by atoms with Gasteiger partial charge in [-0.1, -0.05) is 23.7 Å². The van der Waals surface area contributed by atoms with Crippen molar-refractivity contribution in [1.82, 2.24) is 5.32 Å². The van der Waals surface area contributed by atoms with Gasteiger partial charge in [0.2, 0.25) is 0 Å². The summed E-state index contributed by atoms with van der Waals surface area (Å²) in [5.41, 5.74) is 1.33. The van der Waals surface area contributed by atoms with Crippen LogP contribution in [-0.2, 0) is 5.75 Å². The van der Waals surface area contributed by atoms with Crippen molar-refractivity contribution < 1.29 is 0 Å². The first-order chi connectivity index (χ1) is 8.69. The van der Waals surface area contributed by atoms with Crippen LogP contribution in [0.25, 0.3) is 0 Å². The van der Waals surface area contributed by atoms with Gasteiger partial charge in [-0.05, 0) is 43.8 Å². The molecule has 0 bridgehead atoms. The normalized spacial score (nSPS) is 12.6. The van der Waals surface area contributed by atoms with Gasteiger partial charge in [0.05, 0.1) is 4.34 Å². The van der Waals surface area contributed by atoms with Crippen molar-refractivity contribution in [2.75, 3.05) is 7.05 Å². The second kappa shape index (κ2) is 6.62. The van der Waals surface area contributed by atoms with E-state index >= 15 is 0 Å². The lowest BCUT2D eigenvalue weighted by Gasteiger charge is -2.11. The molecule has 0 saturated carbocycles. The lowest BCUT2D eigenvalue weighted by atomic mass is 10.1. The Bertz CT molecular complexity index is 510. The van der Waals surface area contributed by atoms with Gasteiger partial charge >= 0.3 is 0 Å².